The number of benzene rings is 2. The molecule has 31 heavy (non-hydrogen) atoms. The predicted molar refractivity (Wildman–Crippen MR) is 120 cm³/mol. The average Bonchev–Trinajstić information content (AvgIpc) is 3.05. The molecule has 2 heterocycles. The molecule has 1 N–H and O–H groups in total. The highest BCUT2D eigenvalue weighted by Gasteiger charge is 2.18. The number of nitrogens with one attached hydrogen (secondary N) is 1. The number of carbonyl (C=O) groups excluding carboxylic acids is 2. The van der Waals surface area contributed by atoms with Crippen LogP contribution in [0, 0.1) is 0 Å². The molecule has 0 spiro atoms. The number of anilines is 1. The number of hydrogen-bond donors (Lipinski definition) is 1. The van der Waals surface area contributed by atoms with E-state index in [1.807, 2.05) is 24.3 Å². The largest absolute Gasteiger partial charge is 0.324 e. The highest BCUT2D eigenvalue weighted by atomic mass is 16.2. The lowest BCUT2D eigenvalue weighted by molar-refractivity contribution is -0.116. The molecule has 0 aliphatic rings. The van der Waals surface area contributed by atoms with Crippen molar-refractivity contribution < 1.29 is 9.59 Å². The summed E-state index contributed by atoms with van der Waals surface area (Å²) < 4.78 is 3.05. The Morgan fingerprint density at radius 1 is 1.03 bits per heavy atom. The number of fused-ring (bicyclic) bond motifs is 1. The molecule has 1 amide bonds. The van der Waals surface area contributed by atoms with Crippen molar-refractivity contribution in [2.45, 2.75) is 26.8 Å². The van der Waals surface area contributed by atoms with Crippen LogP contribution in [-0.4, -0.2) is 26.0 Å². The minimum absolute atomic E-state index is 0.0823. The van der Waals surface area contributed by atoms with Crippen LogP contribution < -0.4 is 10.9 Å². The molecule has 156 valence electrons. The van der Waals surface area contributed by atoms with Crippen molar-refractivity contribution >= 4 is 28.4 Å². The molecule has 7 heteroatoms. The fourth-order valence-corrected chi connectivity index (χ4v) is 3.52. The van der Waals surface area contributed by atoms with E-state index in [2.05, 4.69) is 17.2 Å². The summed E-state index contributed by atoms with van der Waals surface area (Å²) in [5, 5.41) is 3.24. The van der Waals surface area contributed by atoms with Gasteiger partial charge in [-0.3, -0.25) is 19.1 Å². The lowest BCUT2D eigenvalue weighted by Gasteiger charge is -2.13. The normalized spacial score (nSPS) is 10.9. The van der Waals surface area contributed by atoms with Crippen LogP contribution in [0.2, 0.25) is 0 Å². The van der Waals surface area contributed by atoms with E-state index in [0.29, 0.717) is 28.0 Å². The van der Waals surface area contributed by atoms with Crippen LogP contribution in [-0.2, 0) is 17.8 Å². The zero-order valence-electron chi connectivity index (χ0n) is 17.3. The molecule has 0 saturated heterocycles. The first-order valence-corrected chi connectivity index (χ1v) is 10.0. The SMILES string of the molecule is CCc1ccc(-n2c(=O)c3cccnc3n2CC(=O)Nc2cccc(C(C)=O)c2)cc1. The maximum atomic E-state index is 13.1. The second-order valence-corrected chi connectivity index (χ2v) is 7.25. The Balaban J connectivity index is 1.72. The van der Waals surface area contributed by atoms with Crippen molar-refractivity contribution in [3.63, 3.8) is 0 Å². The maximum Gasteiger partial charge on any atom is 0.280 e. The van der Waals surface area contributed by atoms with Gasteiger partial charge in [-0.2, -0.15) is 0 Å². The summed E-state index contributed by atoms with van der Waals surface area (Å²) in [7, 11) is 0. The Morgan fingerprint density at radius 2 is 1.81 bits per heavy atom. The van der Waals surface area contributed by atoms with Crippen LogP contribution in [0.5, 0.6) is 0 Å². The van der Waals surface area contributed by atoms with Gasteiger partial charge in [0, 0.05) is 17.4 Å². The standard InChI is InChI=1S/C24H22N4O3/c1-3-17-9-11-20(12-10-17)28-24(31)21-8-5-13-25-23(21)27(28)15-22(30)26-19-7-4-6-18(14-19)16(2)29/h4-14H,3,15H2,1-2H3,(H,26,30). The van der Waals surface area contributed by atoms with Gasteiger partial charge in [0.1, 0.15) is 6.54 Å². The van der Waals surface area contributed by atoms with Crippen LogP contribution in [0.3, 0.4) is 0 Å². The zero-order valence-corrected chi connectivity index (χ0v) is 17.3. The lowest BCUT2D eigenvalue weighted by atomic mass is 10.1. The molecule has 0 saturated carbocycles. The second kappa shape index (κ2) is 8.39. The van der Waals surface area contributed by atoms with Crippen LogP contribution in [0.15, 0.2) is 71.7 Å². The van der Waals surface area contributed by atoms with Gasteiger partial charge in [-0.1, -0.05) is 31.2 Å². The molecule has 4 rings (SSSR count). The number of hydrogen-bond acceptors (Lipinski definition) is 4. The fourth-order valence-electron chi connectivity index (χ4n) is 3.52. The molecular formula is C24H22N4O3. The summed E-state index contributed by atoms with van der Waals surface area (Å²) in [6.45, 7) is 3.42. The van der Waals surface area contributed by atoms with Crippen molar-refractivity contribution in [3.8, 4) is 5.69 Å². The summed E-state index contributed by atoms with van der Waals surface area (Å²) in [4.78, 5) is 41.9. The molecule has 0 aliphatic heterocycles. The number of ketones is 1. The number of aromatic nitrogens is 3. The Labute approximate surface area is 178 Å². The predicted octanol–water partition coefficient (Wildman–Crippen LogP) is 3.59. The zero-order chi connectivity index (χ0) is 22.0. The molecule has 0 unspecified atom stereocenters. The summed E-state index contributed by atoms with van der Waals surface area (Å²) >= 11 is 0. The third kappa shape index (κ3) is 4.02. The van der Waals surface area contributed by atoms with Crippen LogP contribution >= 0.6 is 0 Å². The van der Waals surface area contributed by atoms with Crippen molar-refractivity contribution in [3.05, 3.63) is 88.3 Å². The first-order chi connectivity index (χ1) is 15.0. The van der Waals surface area contributed by atoms with Crippen molar-refractivity contribution in [1.82, 2.24) is 14.3 Å². The maximum absolute atomic E-state index is 13.1. The van der Waals surface area contributed by atoms with E-state index >= 15 is 0 Å². The number of rotatable bonds is 6. The average molecular weight is 414 g/mol. The molecular weight excluding hydrogens is 392 g/mol. The van der Waals surface area contributed by atoms with E-state index in [1.165, 1.54) is 11.6 Å². The Morgan fingerprint density at radius 3 is 2.52 bits per heavy atom. The highest BCUT2D eigenvalue weighted by Crippen LogP contribution is 2.16. The van der Waals surface area contributed by atoms with Gasteiger partial charge in [-0.25, -0.2) is 9.67 Å². The van der Waals surface area contributed by atoms with E-state index in [1.54, 1.807) is 47.3 Å². The van der Waals surface area contributed by atoms with Crippen molar-refractivity contribution in [1.29, 1.82) is 0 Å². The molecule has 2 aromatic carbocycles. The van der Waals surface area contributed by atoms with E-state index in [9.17, 15) is 14.4 Å². The Bertz CT molecular complexity index is 1330. The van der Waals surface area contributed by atoms with Gasteiger partial charge in [-0.15, -0.1) is 0 Å². The van der Waals surface area contributed by atoms with Crippen LogP contribution in [0.1, 0.15) is 29.8 Å². The number of amides is 1. The van der Waals surface area contributed by atoms with Gasteiger partial charge in [0.2, 0.25) is 5.91 Å². The molecule has 0 aliphatic carbocycles. The fraction of sp³-hybridized carbons (Fsp3) is 0.167. The van der Waals surface area contributed by atoms with Gasteiger partial charge in [-0.05, 0) is 55.3 Å². The van der Waals surface area contributed by atoms with Gasteiger partial charge < -0.3 is 5.32 Å². The van der Waals surface area contributed by atoms with Crippen molar-refractivity contribution in [2.75, 3.05) is 5.32 Å². The molecule has 0 radical (unpaired) electrons. The summed E-state index contributed by atoms with van der Waals surface area (Å²) in [5.41, 5.74) is 3.04. The second-order valence-electron chi connectivity index (χ2n) is 7.25. The van der Waals surface area contributed by atoms with Crippen molar-refractivity contribution in [2.24, 2.45) is 0 Å². The molecule has 2 aromatic heterocycles. The first-order valence-electron chi connectivity index (χ1n) is 10.0. The summed E-state index contributed by atoms with van der Waals surface area (Å²) in [5.74, 6) is -0.414. The minimum Gasteiger partial charge on any atom is -0.324 e. The number of Topliss-reactive ketones (excluding diaryl/α,β-unsaturated/α-hetero) is 1. The van der Waals surface area contributed by atoms with E-state index < -0.39 is 0 Å². The smallest absolute Gasteiger partial charge is 0.280 e. The molecule has 0 bridgehead atoms. The number of pyridine rings is 1. The lowest BCUT2D eigenvalue weighted by Crippen LogP contribution is -2.27. The van der Waals surface area contributed by atoms with Gasteiger partial charge in [0.15, 0.2) is 11.4 Å². The van der Waals surface area contributed by atoms with E-state index in [0.717, 1.165) is 12.0 Å². The minimum atomic E-state index is -0.331. The van der Waals surface area contributed by atoms with Gasteiger partial charge >= 0.3 is 0 Å². The van der Waals surface area contributed by atoms with Gasteiger partial charge in [0.25, 0.3) is 5.56 Å². The van der Waals surface area contributed by atoms with E-state index in [-0.39, 0.29) is 23.8 Å². The molecule has 0 fully saturated rings. The molecule has 4 aromatic rings. The quantitative estimate of drug-likeness (QED) is 0.489. The summed E-state index contributed by atoms with van der Waals surface area (Å²) in [6, 6.07) is 17.8. The third-order valence-corrected chi connectivity index (χ3v) is 5.13. The number of aryl methyl sites for hydroxylation is 1. The highest BCUT2D eigenvalue weighted by molar-refractivity contribution is 5.97. The topological polar surface area (TPSA) is 86.0 Å². The number of carbonyl (C=O) groups is 2. The summed E-state index contributed by atoms with van der Waals surface area (Å²) in [6.07, 6.45) is 2.48. The molecule has 0 atom stereocenters. The monoisotopic (exact) mass is 414 g/mol. The molecule has 7 nitrogen and oxygen atoms in total. The van der Waals surface area contributed by atoms with E-state index in [4.69, 9.17) is 0 Å². The Kier molecular flexibility index (Phi) is 5.49. The van der Waals surface area contributed by atoms with Crippen LogP contribution in [0.4, 0.5) is 5.69 Å². The third-order valence-electron chi connectivity index (χ3n) is 5.13. The first kappa shape index (κ1) is 20.3. The Hall–Kier alpha value is -4.00. The number of nitrogens with zero attached hydrogens (tertiary/aromatic N) is 3. The van der Waals surface area contributed by atoms with Crippen LogP contribution in [0.25, 0.3) is 16.7 Å². The van der Waals surface area contributed by atoms with Gasteiger partial charge in [0.05, 0.1) is 11.1 Å².